The van der Waals surface area contributed by atoms with Crippen molar-refractivity contribution >= 4 is 21.1 Å². The highest BCUT2D eigenvalue weighted by Gasteiger charge is 2.22. The van der Waals surface area contributed by atoms with Crippen LogP contribution in [0.5, 0.6) is 0 Å². The largest absolute Gasteiger partial charge is 0.330 e. The van der Waals surface area contributed by atoms with E-state index in [4.69, 9.17) is 0 Å². The highest BCUT2D eigenvalue weighted by atomic mass is 32.2. The maximum atomic E-state index is 12.3. The molecule has 0 bridgehead atoms. The van der Waals surface area contributed by atoms with Gasteiger partial charge >= 0.3 is 0 Å². The normalized spacial score (nSPS) is 23.0. The van der Waals surface area contributed by atoms with Crippen LogP contribution in [-0.2, 0) is 16.6 Å². The van der Waals surface area contributed by atoms with Crippen molar-refractivity contribution in [3.05, 3.63) is 30.6 Å². The summed E-state index contributed by atoms with van der Waals surface area (Å²) in [6.45, 7) is 2.66. The van der Waals surface area contributed by atoms with Gasteiger partial charge in [0.1, 0.15) is 0 Å². The zero-order chi connectivity index (χ0) is 15.6. The molecule has 1 aliphatic carbocycles. The first kappa shape index (κ1) is 15.5. The lowest BCUT2D eigenvalue weighted by atomic mass is 9.88. The van der Waals surface area contributed by atoms with Gasteiger partial charge in [-0.2, -0.15) is 0 Å². The fourth-order valence-corrected chi connectivity index (χ4v) is 4.40. The summed E-state index contributed by atoms with van der Waals surface area (Å²) in [6, 6.07) is 7.88. The van der Waals surface area contributed by atoms with E-state index in [1.165, 1.54) is 0 Å². The number of nitrogens with zero attached hydrogens (tertiary/aromatic N) is 2. The number of sulfonamides is 1. The predicted octanol–water partition coefficient (Wildman–Crippen LogP) is 2.53. The highest BCUT2D eigenvalue weighted by molar-refractivity contribution is 7.89. The molecule has 0 aliphatic heterocycles. The van der Waals surface area contributed by atoms with Crippen LogP contribution in [0.15, 0.2) is 30.6 Å². The third kappa shape index (κ3) is 3.67. The Labute approximate surface area is 131 Å². The Balaban J connectivity index is 1.60. The molecule has 0 amide bonds. The van der Waals surface area contributed by atoms with Crippen LogP contribution in [0.3, 0.4) is 0 Å². The number of para-hydroxylation sites is 2. The molecule has 1 saturated carbocycles. The number of fused-ring (bicyclic) bond motifs is 1. The summed E-state index contributed by atoms with van der Waals surface area (Å²) in [7, 11) is -3.24. The molecule has 0 atom stereocenters. The van der Waals surface area contributed by atoms with E-state index in [0.717, 1.165) is 42.6 Å². The van der Waals surface area contributed by atoms with Crippen LogP contribution in [0.1, 0.15) is 32.6 Å². The minimum atomic E-state index is -3.24. The van der Waals surface area contributed by atoms with Crippen LogP contribution in [0, 0.1) is 5.92 Å². The van der Waals surface area contributed by atoms with Crippen LogP contribution < -0.4 is 4.72 Å². The average Bonchev–Trinajstić information content (AvgIpc) is 2.91. The molecule has 0 unspecified atom stereocenters. The maximum Gasteiger partial charge on any atom is 0.213 e. The van der Waals surface area contributed by atoms with Gasteiger partial charge in [0.25, 0.3) is 0 Å². The fourth-order valence-electron chi connectivity index (χ4n) is 3.10. The Morgan fingerprint density at radius 1 is 1.23 bits per heavy atom. The van der Waals surface area contributed by atoms with Gasteiger partial charge in [-0.15, -0.1) is 0 Å². The van der Waals surface area contributed by atoms with E-state index in [2.05, 4.69) is 16.6 Å². The molecule has 1 aromatic carbocycles. The number of benzene rings is 1. The van der Waals surface area contributed by atoms with Gasteiger partial charge in [-0.1, -0.05) is 19.1 Å². The predicted molar refractivity (Wildman–Crippen MR) is 88.1 cm³/mol. The first-order valence-electron chi connectivity index (χ1n) is 7.93. The zero-order valence-corrected chi connectivity index (χ0v) is 13.7. The minimum absolute atomic E-state index is 0.0966. The number of hydrogen-bond donors (Lipinski definition) is 1. The Hall–Kier alpha value is -1.40. The van der Waals surface area contributed by atoms with Crippen molar-refractivity contribution in [1.82, 2.24) is 14.3 Å². The summed E-state index contributed by atoms with van der Waals surface area (Å²) in [5.74, 6) is 0.817. The topological polar surface area (TPSA) is 64.0 Å². The van der Waals surface area contributed by atoms with Gasteiger partial charge in [-0.25, -0.2) is 18.1 Å². The molecular weight excluding hydrogens is 298 g/mol. The van der Waals surface area contributed by atoms with Crippen LogP contribution in [0.2, 0.25) is 0 Å². The minimum Gasteiger partial charge on any atom is -0.330 e. The third-order valence-electron chi connectivity index (χ3n) is 4.49. The van der Waals surface area contributed by atoms with E-state index in [1.54, 1.807) is 6.33 Å². The molecule has 6 heteroatoms. The summed E-state index contributed by atoms with van der Waals surface area (Å²) in [5, 5.41) is 0. The second kappa shape index (κ2) is 6.38. The highest BCUT2D eigenvalue weighted by Crippen LogP contribution is 2.23. The molecule has 1 N–H and O–H groups in total. The molecule has 1 aliphatic rings. The number of rotatable bonds is 5. The average molecular weight is 321 g/mol. The van der Waals surface area contributed by atoms with Gasteiger partial charge in [0.15, 0.2) is 0 Å². The Bertz CT molecular complexity index is 731. The van der Waals surface area contributed by atoms with E-state index in [9.17, 15) is 8.42 Å². The molecule has 0 spiro atoms. The molecule has 1 aromatic heterocycles. The smallest absolute Gasteiger partial charge is 0.213 e. The maximum absolute atomic E-state index is 12.3. The van der Waals surface area contributed by atoms with Crippen molar-refractivity contribution in [3.63, 3.8) is 0 Å². The lowest BCUT2D eigenvalue weighted by Gasteiger charge is -2.26. The van der Waals surface area contributed by atoms with E-state index in [1.807, 2.05) is 28.8 Å². The van der Waals surface area contributed by atoms with Gasteiger partial charge in [-0.3, -0.25) is 0 Å². The van der Waals surface area contributed by atoms with Gasteiger partial charge in [0.2, 0.25) is 10.0 Å². The molecule has 22 heavy (non-hydrogen) atoms. The summed E-state index contributed by atoms with van der Waals surface area (Å²) in [6.07, 6.45) is 5.84. The Morgan fingerprint density at radius 2 is 1.95 bits per heavy atom. The van der Waals surface area contributed by atoms with Crippen molar-refractivity contribution < 1.29 is 8.42 Å². The fraction of sp³-hybridized carbons (Fsp3) is 0.562. The second-order valence-corrected chi connectivity index (χ2v) is 8.19. The molecule has 0 saturated heterocycles. The number of aromatic nitrogens is 2. The summed E-state index contributed by atoms with van der Waals surface area (Å²) >= 11 is 0. The molecule has 0 radical (unpaired) electrons. The lowest BCUT2D eigenvalue weighted by molar-refractivity contribution is 0.332. The standard InChI is InChI=1S/C16H23N3O2S/c1-13-6-8-14(9-7-13)18-22(20,21)11-10-19-12-17-15-4-2-3-5-16(15)19/h2-5,12-14,18H,6-11H2,1H3. The van der Waals surface area contributed by atoms with Gasteiger partial charge < -0.3 is 4.57 Å². The lowest BCUT2D eigenvalue weighted by Crippen LogP contribution is -2.39. The van der Waals surface area contributed by atoms with Gasteiger partial charge in [-0.05, 0) is 43.7 Å². The Morgan fingerprint density at radius 3 is 2.73 bits per heavy atom. The van der Waals surface area contributed by atoms with Gasteiger partial charge in [0, 0.05) is 12.6 Å². The van der Waals surface area contributed by atoms with Crippen LogP contribution in [0.4, 0.5) is 0 Å². The molecule has 1 heterocycles. The van der Waals surface area contributed by atoms with E-state index < -0.39 is 10.0 Å². The van der Waals surface area contributed by atoms with Crippen molar-refractivity contribution in [3.8, 4) is 0 Å². The SMILES string of the molecule is CC1CCC(NS(=O)(=O)CCn2cnc3ccccc32)CC1. The summed E-state index contributed by atoms with van der Waals surface area (Å²) < 4.78 is 29.3. The summed E-state index contributed by atoms with van der Waals surface area (Å²) in [4.78, 5) is 4.29. The van der Waals surface area contributed by atoms with Crippen LogP contribution in [0.25, 0.3) is 11.0 Å². The quantitative estimate of drug-likeness (QED) is 0.920. The summed E-state index contributed by atoms with van der Waals surface area (Å²) in [5.41, 5.74) is 1.87. The Kier molecular flexibility index (Phi) is 4.49. The second-order valence-electron chi connectivity index (χ2n) is 6.32. The molecule has 3 rings (SSSR count). The monoisotopic (exact) mass is 321 g/mol. The number of aryl methyl sites for hydroxylation is 1. The zero-order valence-electron chi connectivity index (χ0n) is 12.9. The number of hydrogen-bond acceptors (Lipinski definition) is 3. The third-order valence-corrected chi connectivity index (χ3v) is 5.90. The van der Waals surface area contributed by atoms with Crippen molar-refractivity contribution in [1.29, 1.82) is 0 Å². The molecule has 2 aromatic rings. The number of nitrogens with one attached hydrogen (secondary N) is 1. The molecule has 1 fully saturated rings. The van der Waals surface area contributed by atoms with Crippen molar-refractivity contribution in [2.24, 2.45) is 5.92 Å². The first-order chi connectivity index (χ1) is 10.5. The molecule has 120 valence electrons. The van der Waals surface area contributed by atoms with Crippen molar-refractivity contribution in [2.75, 3.05) is 5.75 Å². The van der Waals surface area contributed by atoms with E-state index in [-0.39, 0.29) is 11.8 Å². The molecule has 5 nitrogen and oxygen atoms in total. The number of imidazole rings is 1. The van der Waals surface area contributed by atoms with E-state index in [0.29, 0.717) is 6.54 Å². The van der Waals surface area contributed by atoms with E-state index >= 15 is 0 Å². The van der Waals surface area contributed by atoms with Crippen molar-refractivity contribution in [2.45, 2.75) is 45.2 Å². The van der Waals surface area contributed by atoms with Gasteiger partial charge in [0.05, 0.1) is 23.1 Å². The van der Waals surface area contributed by atoms with Crippen LogP contribution >= 0.6 is 0 Å². The molecular formula is C16H23N3O2S. The van der Waals surface area contributed by atoms with Crippen LogP contribution in [-0.4, -0.2) is 29.8 Å². The first-order valence-corrected chi connectivity index (χ1v) is 9.58.